The highest BCUT2D eigenvalue weighted by molar-refractivity contribution is 8.00. The van der Waals surface area contributed by atoms with Crippen LogP contribution in [0.4, 0.5) is 30.2 Å². The van der Waals surface area contributed by atoms with E-state index < -0.39 is 28.5 Å². The fourth-order valence-electron chi connectivity index (χ4n) is 2.79. The van der Waals surface area contributed by atoms with Crippen LogP contribution in [0, 0.1) is 10.1 Å². The highest BCUT2D eigenvalue weighted by atomic mass is 35.5. The van der Waals surface area contributed by atoms with Gasteiger partial charge in [0.1, 0.15) is 0 Å². The number of nitrogens with one attached hydrogen (secondary N) is 2. The Balaban J connectivity index is 1.57. The lowest BCUT2D eigenvalue weighted by atomic mass is 10.1. The van der Waals surface area contributed by atoms with Crippen molar-refractivity contribution in [1.29, 1.82) is 0 Å². The number of hydrogen-bond donors (Lipinski definition) is 2. The lowest BCUT2D eigenvalue weighted by molar-refractivity contribution is -0.384. The van der Waals surface area contributed by atoms with E-state index in [2.05, 4.69) is 10.6 Å². The van der Waals surface area contributed by atoms with Gasteiger partial charge in [-0.3, -0.25) is 19.7 Å². The molecule has 2 amide bonds. The van der Waals surface area contributed by atoms with Crippen LogP contribution in [-0.2, 0) is 11.0 Å². The van der Waals surface area contributed by atoms with Crippen LogP contribution in [0.3, 0.4) is 0 Å². The molecule has 0 aliphatic carbocycles. The summed E-state index contributed by atoms with van der Waals surface area (Å²) in [7, 11) is 0. The van der Waals surface area contributed by atoms with E-state index in [1.807, 2.05) is 0 Å². The number of non-ortho nitro benzene ring substituents is 1. The number of hydrogen-bond acceptors (Lipinski definition) is 5. The molecule has 12 heteroatoms. The molecule has 3 aromatic rings. The van der Waals surface area contributed by atoms with Gasteiger partial charge in [0.05, 0.1) is 21.9 Å². The molecule has 0 aromatic heterocycles. The molecule has 3 aromatic carbocycles. The number of anilines is 2. The number of nitro benzene ring substituents is 1. The maximum absolute atomic E-state index is 13.1. The second kappa shape index (κ2) is 10.6. The van der Waals surface area contributed by atoms with Crippen molar-refractivity contribution in [2.45, 2.75) is 11.1 Å². The van der Waals surface area contributed by atoms with Crippen LogP contribution in [-0.4, -0.2) is 22.5 Å². The lowest BCUT2D eigenvalue weighted by Gasteiger charge is -2.14. The molecule has 0 heterocycles. The number of nitrogens with zero attached hydrogens (tertiary/aromatic N) is 1. The zero-order valence-electron chi connectivity index (χ0n) is 17.1. The SMILES string of the molecule is O=C(CSc1ccc(NC(=O)c2cccc([N+](=O)[O-])c2)cc1)Nc1ccc(Cl)cc1C(F)(F)F. The summed E-state index contributed by atoms with van der Waals surface area (Å²) in [6.07, 6.45) is -4.68. The molecule has 0 aliphatic rings. The Morgan fingerprint density at radius 3 is 2.35 bits per heavy atom. The Kier molecular flexibility index (Phi) is 7.79. The van der Waals surface area contributed by atoms with E-state index in [9.17, 15) is 32.9 Å². The summed E-state index contributed by atoms with van der Waals surface area (Å²) in [6.45, 7) is 0. The molecule has 0 fully saturated rings. The van der Waals surface area contributed by atoms with E-state index in [1.165, 1.54) is 24.3 Å². The van der Waals surface area contributed by atoms with E-state index in [4.69, 9.17) is 11.6 Å². The number of benzene rings is 3. The fourth-order valence-corrected chi connectivity index (χ4v) is 3.66. The summed E-state index contributed by atoms with van der Waals surface area (Å²) < 4.78 is 39.4. The van der Waals surface area contributed by atoms with Crippen molar-refractivity contribution < 1.29 is 27.7 Å². The van der Waals surface area contributed by atoms with Crippen LogP contribution in [0.25, 0.3) is 0 Å². The summed E-state index contributed by atoms with van der Waals surface area (Å²) in [5.41, 5.74) is -1.10. The van der Waals surface area contributed by atoms with Gasteiger partial charge in [0.2, 0.25) is 5.91 Å². The average molecular weight is 510 g/mol. The molecule has 0 unspecified atom stereocenters. The number of rotatable bonds is 7. The van der Waals surface area contributed by atoms with Gasteiger partial charge in [-0.25, -0.2) is 0 Å². The van der Waals surface area contributed by atoms with Gasteiger partial charge in [0, 0.05) is 33.3 Å². The van der Waals surface area contributed by atoms with Crippen LogP contribution in [0.5, 0.6) is 0 Å². The normalized spacial score (nSPS) is 11.1. The topological polar surface area (TPSA) is 101 Å². The van der Waals surface area contributed by atoms with Crippen LogP contribution in [0.1, 0.15) is 15.9 Å². The third-order valence-corrected chi connectivity index (χ3v) is 5.61. The summed E-state index contributed by atoms with van der Waals surface area (Å²) in [5, 5.41) is 15.6. The van der Waals surface area contributed by atoms with Crippen LogP contribution in [0.2, 0.25) is 5.02 Å². The third kappa shape index (κ3) is 6.72. The Hall–Kier alpha value is -3.57. The molecule has 0 atom stereocenters. The first-order chi connectivity index (χ1) is 16.0. The molecule has 7 nitrogen and oxygen atoms in total. The largest absolute Gasteiger partial charge is 0.418 e. The van der Waals surface area contributed by atoms with Gasteiger partial charge >= 0.3 is 6.18 Å². The number of carbonyl (C=O) groups is 2. The van der Waals surface area contributed by atoms with Gasteiger partial charge < -0.3 is 10.6 Å². The number of halogens is 4. The molecule has 0 radical (unpaired) electrons. The molecular weight excluding hydrogens is 495 g/mol. The zero-order valence-corrected chi connectivity index (χ0v) is 18.6. The second-order valence-corrected chi connectivity index (χ2v) is 8.30. The molecule has 3 rings (SSSR count). The number of carbonyl (C=O) groups excluding carboxylic acids is 2. The van der Waals surface area contributed by atoms with E-state index in [-0.39, 0.29) is 27.7 Å². The van der Waals surface area contributed by atoms with Crippen molar-refractivity contribution in [3.8, 4) is 0 Å². The molecule has 0 spiro atoms. The van der Waals surface area contributed by atoms with Crippen molar-refractivity contribution in [2.75, 3.05) is 16.4 Å². The molecule has 0 saturated heterocycles. The lowest BCUT2D eigenvalue weighted by Crippen LogP contribution is -2.18. The summed E-state index contributed by atoms with van der Waals surface area (Å²) in [5.74, 6) is -1.33. The first kappa shape index (κ1) is 25.1. The maximum Gasteiger partial charge on any atom is 0.418 e. The average Bonchev–Trinajstić information content (AvgIpc) is 2.79. The van der Waals surface area contributed by atoms with Gasteiger partial charge in [0.15, 0.2) is 0 Å². The minimum Gasteiger partial charge on any atom is -0.325 e. The summed E-state index contributed by atoms with van der Waals surface area (Å²) in [6, 6.07) is 14.7. The standard InChI is InChI=1S/C22H15ClF3N3O4S/c23-14-4-9-19(18(11-14)22(24,25)26)28-20(30)12-34-17-7-5-15(6-8-17)27-21(31)13-2-1-3-16(10-13)29(32)33/h1-11H,12H2,(H,27,31)(H,28,30). The summed E-state index contributed by atoms with van der Waals surface area (Å²) >= 11 is 6.72. The summed E-state index contributed by atoms with van der Waals surface area (Å²) in [4.78, 5) is 35.3. The van der Waals surface area contributed by atoms with Crippen molar-refractivity contribution in [1.82, 2.24) is 0 Å². The minimum absolute atomic E-state index is 0.0997. The van der Waals surface area contributed by atoms with Crippen LogP contribution in [0.15, 0.2) is 71.6 Å². The molecule has 0 saturated carbocycles. The predicted molar refractivity (Wildman–Crippen MR) is 123 cm³/mol. The second-order valence-electron chi connectivity index (χ2n) is 6.81. The third-order valence-electron chi connectivity index (χ3n) is 4.36. The van der Waals surface area contributed by atoms with Crippen LogP contribution < -0.4 is 10.6 Å². The zero-order chi connectivity index (χ0) is 24.9. The van der Waals surface area contributed by atoms with Gasteiger partial charge in [0.25, 0.3) is 11.6 Å². The monoisotopic (exact) mass is 509 g/mol. The van der Waals surface area contributed by atoms with Crippen molar-refractivity contribution >= 4 is 52.2 Å². The highest BCUT2D eigenvalue weighted by Gasteiger charge is 2.34. The number of amides is 2. The Labute approximate surface area is 200 Å². The van der Waals surface area contributed by atoms with Crippen molar-refractivity contribution in [2.24, 2.45) is 0 Å². The maximum atomic E-state index is 13.1. The fraction of sp³-hybridized carbons (Fsp3) is 0.0909. The molecule has 2 N–H and O–H groups in total. The van der Waals surface area contributed by atoms with Gasteiger partial charge in [-0.15, -0.1) is 11.8 Å². The Morgan fingerprint density at radius 1 is 1.00 bits per heavy atom. The molecule has 0 aliphatic heterocycles. The van der Waals surface area contributed by atoms with Gasteiger partial charge in [-0.1, -0.05) is 17.7 Å². The quantitative estimate of drug-likeness (QED) is 0.223. The molecule has 34 heavy (non-hydrogen) atoms. The smallest absolute Gasteiger partial charge is 0.325 e. The molecule has 0 bridgehead atoms. The van der Waals surface area contributed by atoms with E-state index in [1.54, 1.807) is 24.3 Å². The van der Waals surface area contributed by atoms with Gasteiger partial charge in [-0.2, -0.15) is 13.2 Å². The predicted octanol–water partition coefficient (Wildman–Crippen LogP) is 6.25. The minimum atomic E-state index is -4.68. The van der Waals surface area contributed by atoms with Crippen molar-refractivity contribution in [3.63, 3.8) is 0 Å². The number of nitro groups is 1. The highest BCUT2D eigenvalue weighted by Crippen LogP contribution is 2.36. The number of alkyl halides is 3. The Morgan fingerprint density at radius 2 is 1.71 bits per heavy atom. The van der Waals surface area contributed by atoms with E-state index in [0.29, 0.717) is 10.6 Å². The molecular formula is C22H15ClF3N3O4S. The van der Waals surface area contributed by atoms with Crippen molar-refractivity contribution in [3.05, 3.63) is 93.0 Å². The first-order valence-electron chi connectivity index (χ1n) is 9.48. The van der Waals surface area contributed by atoms with E-state index >= 15 is 0 Å². The number of thioether (sulfide) groups is 1. The first-order valence-corrected chi connectivity index (χ1v) is 10.8. The Bertz CT molecular complexity index is 1240. The molecule has 176 valence electrons. The van der Waals surface area contributed by atoms with Crippen LogP contribution >= 0.6 is 23.4 Å². The van der Waals surface area contributed by atoms with E-state index in [0.717, 1.165) is 30.0 Å². The van der Waals surface area contributed by atoms with Gasteiger partial charge in [-0.05, 0) is 48.5 Å².